The Morgan fingerprint density at radius 3 is 2.60 bits per heavy atom. The molecule has 0 fully saturated rings. The van der Waals surface area contributed by atoms with E-state index in [2.05, 4.69) is 10.2 Å². The normalized spacial score (nSPS) is 15.2. The van der Waals surface area contributed by atoms with Gasteiger partial charge in [-0.05, 0) is 49.7 Å². The van der Waals surface area contributed by atoms with E-state index in [4.69, 9.17) is 14.9 Å². The maximum absolute atomic E-state index is 12.9. The van der Waals surface area contributed by atoms with E-state index >= 15 is 0 Å². The standard InChI is InChI=1S/C27H26N4O4/c1-2-34-20-6-7-21-22(17-20)26(32)24(28)25(27(21)33)29-9-3-10-30-11-13-31(14-12-30)19-5-4-18-8-15-35-23(18)16-19/h4-8,11-17,29H,2-3,9-10,28H2,1H3. The highest BCUT2D eigenvalue weighted by molar-refractivity contribution is 6.26. The molecule has 1 aliphatic heterocycles. The second kappa shape index (κ2) is 9.42. The Kier molecular flexibility index (Phi) is 6.01. The molecule has 0 atom stereocenters. The minimum atomic E-state index is -0.363. The number of hydrogen-bond donors (Lipinski definition) is 2. The van der Waals surface area contributed by atoms with E-state index in [-0.39, 0.29) is 28.5 Å². The Morgan fingerprint density at radius 1 is 0.971 bits per heavy atom. The van der Waals surface area contributed by atoms with Crippen LogP contribution in [-0.4, -0.2) is 36.2 Å². The molecule has 0 saturated carbocycles. The van der Waals surface area contributed by atoms with Crippen molar-refractivity contribution in [1.82, 2.24) is 10.2 Å². The van der Waals surface area contributed by atoms with Crippen LogP contribution in [0.1, 0.15) is 34.1 Å². The number of ether oxygens (including phenoxy) is 1. The van der Waals surface area contributed by atoms with Crippen molar-refractivity contribution < 1.29 is 18.7 Å². The molecule has 35 heavy (non-hydrogen) atoms. The van der Waals surface area contributed by atoms with Gasteiger partial charge in [0.2, 0.25) is 11.6 Å². The van der Waals surface area contributed by atoms with Gasteiger partial charge in [-0.2, -0.15) is 0 Å². The van der Waals surface area contributed by atoms with E-state index in [9.17, 15) is 9.59 Å². The van der Waals surface area contributed by atoms with Crippen LogP contribution in [0.2, 0.25) is 0 Å². The number of carbonyl (C=O) groups excluding carboxylic acids is 2. The van der Waals surface area contributed by atoms with Crippen molar-refractivity contribution in [3.63, 3.8) is 0 Å². The van der Waals surface area contributed by atoms with Gasteiger partial charge in [0, 0.05) is 66.2 Å². The van der Waals surface area contributed by atoms with Gasteiger partial charge in [-0.3, -0.25) is 9.59 Å². The highest BCUT2D eigenvalue weighted by Crippen LogP contribution is 2.27. The third-order valence-corrected chi connectivity index (χ3v) is 6.00. The highest BCUT2D eigenvalue weighted by atomic mass is 16.5. The molecule has 0 bridgehead atoms. The molecule has 1 aliphatic carbocycles. The van der Waals surface area contributed by atoms with Gasteiger partial charge >= 0.3 is 0 Å². The summed E-state index contributed by atoms with van der Waals surface area (Å²) in [6.45, 7) is 3.56. The first-order valence-corrected chi connectivity index (χ1v) is 11.5. The fourth-order valence-corrected chi connectivity index (χ4v) is 4.17. The SMILES string of the molecule is CCOc1ccc2c(c1)C(=O)C(N)=C(NCCCN1C=CN(c3ccc4ccoc4c3)C=C1)C2=O. The number of fused-ring (bicyclic) bond motifs is 2. The lowest BCUT2D eigenvalue weighted by Gasteiger charge is -2.25. The summed E-state index contributed by atoms with van der Waals surface area (Å²) in [4.78, 5) is 29.8. The number of ketones is 2. The summed E-state index contributed by atoms with van der Waals surface area (Å²) in [5, 5.41) is 4.15. The third-order valence-electron chi connectivity index (χ3n) is 6.00. The molecule has 0 amide bonds. The van der Waals surface area contributed by atoms with Crippen LogP contribution in [0.5, 0.6) is 5.75 Å². The summed E-state index contributed by atoms with van der Waals surface area (Å²) < 4.78 is 10.9. The maximum Gasteiger partial charge on any atom is 0.211 e. The first-order chi connectivity index (χ1) is 17.0. The molecular formula is C27H26N4O4. The van der Waals surface area contributed by atoms with Crippen molar-refractivity contribution in [2.24, 2.45) is 5.73 Å². The van der Waals surface area contributed by atoms with E-state index < -0.39 is 0 Å². The van der Waals surface area contributed by atoms with Crippen LogP contribution in [0, 0.1) is 0 Å². The lowest BCUT2D eigenvalue weighted by molar-refractivity contribution is 0.0967. The Balaban J connectivity index is 1.15. The summed E-state index contributed by atoms with van der Waals surface area (Å²) in [5.41, 5.74) is 8.62. The second-order valence-electron chi connectivity index (χ2n) is 8.25. The molecule has 2 heterocycles. The van der Waals surface area contributed by atoms with Crippen LogP contribution < -0.4 is 20.7 Å². The Morgan fingerprint density at radius 2 is 1.80 bits per heavy atom. The number of nitrogens with one attached hydrogen (secondary N) is 1. The van der Waals surface area contributed by atoms with Crippen molar-refractivity contribution in [2.45, 2.75) is 13.3 Å². The van der Waals surface area contributed by atoms with E-state index in [1.54, 1.807) is 24.5 Å². The molecule has 0 radical (unpaired) electrons. The number of anilines is 1. The van der Waals surface area contributed by atoms with Crippen LogP contribution in [0.4, 0.5) is 5.69 Å². The van der Waals surface area contributed by atoms with E-state index in [0.717, 1.165) is 29.6 Å². The van der Waals surface area contributed by atoms with Crippen LogP contribution in [-0.2, 0) is 0 Å². The van der Waals surface area contributed by atoms with Gasteiger partial charge in [0.15, 0.2) is 0 Å². The number of nitrogens with two attached hydrogens (primary N) is 1. The Labute approximate surface area is 202 Å². The average Bonchev–Trinajstić information content (AvgIpc) is 3.35. The molecule has 178 valence electrons. The fraction of sp³-hybridized carbons (Fsp3) is 0.185. The fourth-order valence-electron chi connectivity index (χ4n) is 4.17. The topological polar surface area (TPSA) is 101 Å². The van der Waals surface area contributed by atoms with Gasteiger partial charge in [0.1, 0.15) is 22.7 Å². The molecule has 5 rings (SSSR count). The van der Waals surface area contributed by atoms with Crippen molar-refractivity contribution in [2.75, 3.05) is 24.6 Å². The average molecular weight is 471 g/mol. The van der Waals surface area contributed by atoms with Crippen molar-refractivity contribution in [3.8, 4) is 5.75 Å². The molecule has 2 aromatic carbocycles. The van der Waals surface area contributed by atoms with E-state index in [1.807, 2.05) is 60.9 Å². The lowest BCUT2D eigenvalue weighted by Crippen LogP contribution is -2.34. The van der Waals surface area contributed by atoms with Gasteiger partial charge in [0.05, 0.1) is 12.9 Å². The molecule has 8 heteroatoms. The molecule has 1 aromatic heterocycles. The minimum absolute atomic E-state index is 0.0573. The van der Waals surface area contributed by atoms with Crippen LogP contribution in [0.3, 0.4) is 0 Å². The zero-order valence-corrected chi connectivity index (χ0v) is 19.4. The Bertz CT molecular complexity index is 1370. The lowest BCUT2D eigenvalue weighted by atomic mass is 9.90. The number of furan rings is 1. The molecule has 3 N–H and O–H groups in total. The van der Waals surface area contributed by atoms with E-state index in [0.29, 0.717) is 24.5 Å². The summed E-state index contributed by atoms with van der Waals surface area (Å²) in [6.07, 6.45) is 10.4. The summed E-state index contributed by atoms with van der Waals surface area (Å²) in [7, 11) is 0. The number of carbonyl (C=O) groups is 2. The molecule has 3 aromatic rings. The second-order valence-corrected chi connectivity index (χ2v) is 8.25. The van der Waals surface area contributed by atoms with Crippen LogP contribution in [0.15, 0.2) is 89.3 Å². The predicted molar refractivity (Wildman–Crippen MR) is 134 cm³/mol. The first kappa shape index (κ1) is 22.3. The maximum atomic E-state index is 12.9. The van der Waals surface area contributed by atoms with Crippen molar-refractivity contribution in [3.05, 3.63) is 96.0 Å². The van der Waals surface area contributed by atoms with Gasteiger partial charge in [-0.25, -0.2) is 0 Å². The minimum Gasteiger partial charge on any atom is -0.494 e. The van der Waals surface area contributed by atoms with Crippen LogP contribution >= 0.6 is 0 Å². The highest BCUT2D eigenvalue weighted by Gasteiger charge is 2.31. The number of nitrogens with zero attached hydrogens (tertiary/aromatic N) is 2. The quantitative estimate of drug-likeness (QED) is 0.474. The molecular weight excluding hydrogens is 444 g/mol. The Hall–Kier alpha value is -4.46. The molecule has 0 unspecified atom stereocenters. The summed E-state index contributed by atoms with van der Waals surface area (Å²) in [5.74, 6) is -0.0974. The van der Waals surface area contributed by atoms with Crippen molar-refractivity contribution >= 4 is 28.2 Å². The third kappa shape index (κ3) is 4.38. The molecule has 0 saturated heterocycles. The first-order valence-electron chi connectivity index (χ1n) is 11.5. The zero-order valence-electron chi connectivity index (χ0n) is 19.4. The summed E-state index contributed by atoms with van der Waals surface area (Å²) in [6, 6.07) is 12.9. The largest absolute Gasteiger partial charge is 0.494 e. The van der Waals surface area contributed by atoms with Crippen LogP contribution in [0.25, 0.3) is 11.0 Å². The van der Waals surface area contributed by atoms with Gasteiger partial charge < -0.3 is 30.0 Å². The number of hydrogen-bond acceptors (Lipinski definition) is 8. The molecule has 8 nitrogen and oxygen atoms in total. The predicted octanol–water partition coefficient (Wildman–Crippen LogP) is 4.13. The van der Waals surface area contributed by atoms with E-state index in [1.165, 1.54) is 0 Å². The number of Topliss-reactive ketones (excluding diaryl/α,β-unsaturated/α-hetero) is 2. The molecule has 0 spiro atoms. The molecule has 2 aliphatic rings. The van der Waals surface area contributed by atoms with Crippen molar-refractivity contribution in [1.29, 1.82) is 0 Å². The van der Waals surface area contributed by atoms with Gasteiger partial charge in [0.25, 0.3) is 0 Å². The zero-order chi connectivity index (χ0) is 24.4. The van der Waals surface area contributed by atoms with Gasteiger partial charge in [-0.1, -0.05) is 0 Å². The number of allylic oxidation sites excluding steroid dienone is 2. The van der Waals surface area contributed by atoms with Gasteiger partial charge in [-0.15, -0.1) is 0 Å². The summed E-state index contributed by atoms with van der Waals surface area (Å²) >= 11 is 0. The monoisotopic (exact) mass is 470 g/mol. The number of benzene rings is 2. The smallest absolute Gasteiger partial charge is 0.211 e. The number of rotatable bonds is 8.